The number of amides is 2. The third kappa shape index (κ3) is 11.4. The number of nitrogens with one attached hydrogen (secondary N) is 3. The summed E-state index contributed by atoms with van der Waals surface area (Å²) in [4.78, 5) is 48.5. The summed E-state index contributed by atoms with van der Waals surface area (Å²) < 4.78 is 101. The number of fused-ring (bicyclic) bond motifs is 4. The minimum atomic E-state index is -4.73. The van der Waals surface area contributed by atoms with Gasteiger partial charge in [-0.1, -0.05) is 26.0 Å². The highest BCUT2D eigenvalue weighted by Gasteiger charge is 2.49. The van der Waals surface area contributed by atoms with Crippen LogP contribution in [-0.4, -0.2) is 117 Å². The van der Waals surface area contributed by atoms with E-state index in [9.17, 15) is 18.0 Å². The van der Waals surface area contributed by atoms with E-state index in [2.05, 4.69) is 30.7 Å². The van der Waals surface area contributed by atoms with Crippen molar-refractivity contribution in [3.8, 4) is 0 Å². The maximum Gasteiger partial charge on any atom is 0.405 e. The van der Waals surface area contributed by atoms with Gasteiger partial charge in [0.2, 0.25) is 11.8 Å². The van der Waals surface area contributed by atoms with Gasteiger partial charge in [-0.2, -0.15) is 26.3 Å². The SMILES string of the molecule is CC(C)[C@H](NC1CCC(C(=O)N2Cc3cccnc3N(C(C)[C@@H](NC3CCC(C(=O)N4Cc5cccnc5Nc5ccc(N6CCOCC6)cc54)CC3)C(F)(F)F)c3ccc(N4CCOCC4)cc32)CC1)C(F)(F)F. The van der Waals surface area contributed by atoms with Gasteiger partial charge in [-0.05, 0) is 113 Å². The number of carbonyl (C=O) groups is 2. The highest BCUT2D eigenvalue weighted by molar-refractivity contribution is 6.02. The van der Waals surface area contributed by atoms with Crippen LogP contribution in [0.1, 0.15) is 83.3 Å². The second-order valence-electron chi connectivity index (χ2n) is 21.4. The van der Waals surface area contributed by atoms with Gasteiger partial charge in [-0.25, -0.2) is 9.97 Å². The van der Waals surface area contributed by atoms with E-state index in [0.717, 1.165) is 41.4 Å². The minimum Gasteiger partial charge on any atom is -0.378 e. The van der Waals surface area contributed by atoms with Crippen molar-refractivity contribution in [3.63, 3.8) is 0 Å². The molecule has 10 rings (SSSR count). The van der Waals surface area contributed by atoms with Crippen molar-refractivity contribution >= 4 is 57.6 Å². The van der Waals surface area contributed by atoms with Crippen LogP contribution >= 0.6 is 0 Å². The Morgan fingerprint density at radius 1 is 0.613 bits per heavy atom. The number of benzene rings is 2. The Labute approximate surface area is 434 Å². The maximum absolute atomic E-state index is 15.9. The van der Waals surface area contributed by atoms with Crippen molar-refractivity contribution in [3.05, 3.63) is 84.2 Å². The number of rotatable bonds is 11. The number of morpholine rings is 2. The molecule has 0 bridgehead atoms. The highest BCUT2D eigenvalue weighted by Crippen LogP contribution is 2.47. The molecule has 3 N–H and O–H groups in total. The molecule has 404 valence electrons. The molecule has 20 heteroatoms. The highest BCUT2D eigenvalue weighted by atomic mass is 19.4. The van der Waals surface area contributed by atoms with Crippen molar-refractivity contribution < 1.29 is 45.4 Å². The van der Waals surface area contributed by atoms with Gasteiger partial charge in [0.05, 0.1) is 68.3 Å². The Balaban J connectivity index is 0.900. The minimum absolute atomic E-state index is 0.0306. The Bertz CT molecular complexity index is 2650. The van der Waals surface area contributed by atoms with E-state index in [1.54, 1.807) is 45.3 Å². The smallest absolute Gasteiger partial charge is 0.378 e. The standard InChI is InChI=1S/C55H68F6N10O4/c1-34(2)48(54(56,57)58)64-40-12-8-37(9-13-40)53(73)70-33-39-7-5-21-63-51(39)71(45-19-17-43(31-47(45)70)68-24-28-75-29-25-68)35(3)49(55(59,60)61)65-41-14-10-36(11-15-41)52(72)69-32-38-6-4-20-62-50(38)66-44-18-16-42(30-46(44)69)67-22-26-74-27-23-67/h4-7,16-21,30-31,34-37,40-41,48-49,64-65H,8-15,22-29,32-33H2,1-3H3,(H,62,66)/t35?,36?,37?,40?,41?,48-,49+/m0/s1. The summed E-state index contributed by atoms with van der Waals surface area (Å²) in [6.45, 7) is 9.72. The summed E-state index contributed by atoms with van der Waals surface area (Å²) in [5.41, 5.74) is 5.46. The zero-order valence-corrected chi connectivity index (χ0v) is 42.8. The molecular formula is C55H68F6N10O4. The first-order chi connectivity index (χ1) is 36.0. The summed E-state index contributed by atoms with van der Waals surface area (Å²) >= 11 is 0. The van der Waals surface area contributed by atoms with Crippen LogP contribution in [0.5, 0.6) is 0 Å². The fourth-order valence-electron chi connectivity index (χ4n) is 12.1. The maximum atomic E-state index is 15.9. The molecule has 2 amide bonds. The van der Waals surface area contributed by atoms with Crippen LogP contribution in [0.2, 0.25) is 0 Å². The molecule has 0 spiro atoms. The summed E-state index contributed by atoms with van der Waals surface area (Å²) in [6, 6.07) is 12.8. The van der Waals surface area contributed by atoms with Gasteiger partial charge < -0.3 is 49.9 Å². The van der Waals surface area contributed by atoms with Crippen LogP contribution < -0.4 is 40.4 Å². The third-order valence-electron chi connectivity index (χ3n) is 16.2. The lowest BCUT2D eigenvalue weighted by Gasteiger charge is -2.41. The monoisotopic (exact) mass is 1050 g/mol. The Hall–Kier alpha value is -5.70. The molecule has 75 heavy (non-hydrogen) atoms. The molecule has 2 aliphatic carbocycles. The summed E-state index contributed by atoms with van der Waals surface area (Å²) in [6.07, 6.45) is -3.01. The van der Waals surface area contributed by atoms with Gasteiger partial charge in [0.1, 0.15) is 23.7 Å². The molecule has 2 aromatic heterocycles. The quantitative estimate of drug-likeness (QED) is 0.124. The fraction of sp³-hybridized carbons (Fsp3) is 0.564. The third-order valence-corrected chi connectivity index (χ3v) is 16.2. The Morgan fingerprint density at radius 3 is 1.67 bits per heavy atom. The number of hydrogen-bond donors (Lipinski definition) is 3. The number of pyridine rings is 2. The second kappa shape index (κ2) is 22.1. The predicted molar refractivity (Wildman–Crippen MR) is 277 cm³/mol. The summed E-state index contributed by atoms with van der Waals surface area (Å²) in [5.74, 6) is -0.974. The molecule has 4 fully saturated rings. The lowest BCUT2D eigenvalue weighted by Crippen LogP contribution is -2.58. The fourth-order valence-corrected chi connectivity index (χ4v) is 12.1. The van der Waals surface area contributed by atoms with E-state index >= 15 is 18.0 Å². The van der Waals surface area contributed by atoms with Crippen molar-refractivity contribution in [2.75, 3.05) is 82.4 Å². The van der Waals surface area contributed by atoms with Crippen molar-refractivity contribution in [1.29, 1.82) is 0 Å². The van der Waals surface area contributed by atoms with Gasteiger partial charge in [0, 0.05) is 85.0 Å². The van der Waals surface area contributed by atoms with E-state index in [0.29, 0.717) is 119 Å². The average molecular weight is 1050 g/mol. The molecule has 4 aliphatic heterocycles. The number of halogens is 6. The molecule has 6 heterocycles. The van der Waals surface area contributed by atoms with Crippen molar-refractivity contribution in [1.82, 2.24) is 20.6 Å². The summed E-state index contributed by atoms with van der Waals surface area (Å²) in [5, 5.41) is 9.31. The Morgan fingerprint density at radius 2 is 1.11 bits per heavy atom. The van der Waals surface area contributed by atoms with E-state index in [1.807, 2.05) is 42.5 Å². The van der Waals surface area contributed by atoms with E-state index in [1.165, 1.54) is 20.8 Å². The van der Waals surface area contributed by atoms with Crippen molar-refractivity contribution in [2.24, 2.45) is 17.8 Å². The normalized spacial score (nSPS) is 23.7. The van der Waals surface area contributed by atoms with Crippen LogP contribution in [0.25, 0.3) is 0 Å². The molecular weight excluding hydrogens is 979 g/mol. The molecule has 6 aliphatic rings. The lowest BCUT2D eigenvalue weighted by atomic mass is 9.84. The van der Waals surface area contributed by atoms with Gasteiger partial charge >= 0.3 is 12.4 Å². The van der Waals surface area contributed by atoms with Crippen LogP contribution in [0.4, 0.5) is 72.1 Å². The predicted octanol–water partition coefficient (Wildman–Crippen LogP) is 9.63. The number of alkyl halides is 6. The molecule has 1 unspecified atom stereocenters. The number of aromatic nitrogens is 2. The zero-order valence-electron chi connectivity index (χ0n) is 42.8. The van der Waals surface area contributed by atoms with Crippen LogP contribution in [0, 0.1) is 17.8 Å². The molecule has 0 radical (unpaired) electrons. The van der Waals surface area contributed by atoms with Gasteiger partial charge in [-0.3, -0.25) is 9.59 Å². The molecule has 14 nitrogen and oxygen atoms in total. The Kier molecular flexibility index (Phi) is 15.5. The number of anilines is 8. The van der Waals surface area contributed by atoms with Crippen LogP contribution in [0.15, 0.2) is 73.1 Å². The first-order valence-electron chi connectivity index (χ1n) is 26.7. The molecule has 2 aromatic carbocycles. The van der Waals surface area contributed by atoms with E-state index in [4.69, 9.17) is 14.5 Å². The molecule has 2 saturated carbocycles. The van der Waals surface area contributed by atoms with Gasteiger partial charge in [0.25, 0.3) is 0 Å². The van der Waals surface area contributed by atoms with Gasteiger partial charge in [-0.15, -0.1) is 0 Å². The number of carbonyl (C=O) groups excluding carboxylic acids is 2. The number of ether oxygens (including phenoxy) is 2. The van der Waals surface area contributed by atoms with E-state index in [-0.39, 0.29) is 24.9 Å². The average Bonchev–Trinajstić information content (AvgIpc) is 3.71. The number of nitrogens with zero attached hydrogens (tertiary/aromatic N) is 7. The lowest BCUT2D eigenvalue weighted by molar-refractivity contribution is -0.168. The molecule has 3 atom stereocenters. The number of hydrogen-bond acceptors (Lipinski definition) is 12. The first kappa shape index (κ1) is 52.7. The van der Waals surface area contributed by atoms with Crippen LogP contribution in [-0.2, 0) is 32.2 Å². The van der Waals surface area contributed by atoms with Crippen molar-refractivity contribution in [2.45, 2.75) is 128 Å². The second-order valence-corrected chi connectivity index (χ2v) is 21.4. The summed E-state index contributed by atoms with van der Waals surface area (Å²) in [7, 11) is 0. The van der Waals surface area contributed by atoms with Crippen LogP contribution in [0.3, 0.4) is 0 Å². The first-order valence-corrected chi connectivity index (χ1v) is 26.7. The zero-order chi connectivity index (χ0) is 52.6. The molecule has 4 aromatic rings. The molecule has 2 saturated heterocycles. The largest absolute Gasteiger partial charge is 0.405 e. The van der Waals surface area contributed by atoms with Gasteiger partial charge in [0.15, 0.2) is 0 Å². The van der Waals surface area contributed by atoms with E-state index < -0.39 is 60.3 Å². The topological polar surface area (TPSA) is 131 Å².